The Bertz CT molecular complexity index is 1120. The number of hydrogen-bond donors (Lipinski definition) is 1. The number of amides is 1. The number of aromatic nitrogens is 4. The van der Waals surface area contributed by atoms with E-state index in [2.05, 4.69) is 20.5 Å². The molecular weight excluding hydrogens is 426 g/mol. The van der Waals surface area contributed by atoms with Crippen LogP contribution in [0.15, 0.2) is 60.8 Å². The number of aryl methyl sites for hydroxylation is 1. The number of pyridine rings is 1. The SMILES string of the molecule is Cc1ccc(-n2nccn2)c(C(=O)N2CCC(F)(F)C/C2=C\Nc2ccc(Cl)cn2)c1. The van der Waals surface area contributed by atoms with Crippen molar-refractivity contribution in [1.82, 2.24) is 24.9 Å². The Morgan fingerprint density at radius 1 is 1.23 bits per heavy atom. The molecule has 2 aromatic heterocycles. The molecule has 1 fully saturated rings. The predicted octanol–water partition coefficient (Wildman–Crippen LogP) is 4.45. The lowest BCUT2D eigenvalue weighted by atomic mass is 10.0. The Kier molecular flexibility index (Phi) is 5.69. The Hall–Kier alpha value is -3.33. The number of nitrogens with one attached hydrogen (secondary N) is 1. The third kappa shape index (κ3) is 4.72. The van der Waals surface area contributed by atoms with Gasteiger partial charge in [-0.3, -0.25) is 4.79 Å². The number of benzene rings is 1. The molecule has 3 aromatic rings. The van der Waals surface area contributed by atoms with Crippen LogP contribution in [0.4, 0.5) is 14.6 Å². The van der Waals surface area contributed by atoms with Crippen molar-refractivity contribution in [2.24, 2.45) is 0 Å². The lowest BCUT2D eigenvalue weighted by Gasteiger charge is -2.34. The summed E-state index contributed by atoms with van der Waals surface area (Å²) in [7, 11) is 0. The van der Waals surface area contributed by atoms with Crippen LogP contribution in [0.25, 0.3) is 5.69 Å². The van der Waals surface area contributed by atoms with Crippen molar-refractivity contribution in [2.45, 2.75) is 25.7 Å². The first-order chi connectivity index (χ1) is 14.8. The third-order valence-electron chi connectivity index (χ3n) is 4.86. The average molecular weight is 445 g/mol. The van der Waals surface area contributed by atoms with Crippen LogP contribution < -0.4 is 5.32 Å². The van der Waals surface area contributed by atoms with Gasteiger partial charge in [-0.15, -0.1) is 0 Å². The predicted molar refractivity (Wildman–Crippen MR) is 112 cm³/mol. The Balaban J connectivity index is 1.68. The van der Waals surface area contributed by atoms with E-state index in [-0.39, 0.29) is 12.2 Å². The van der Waals surface area contributed by atoms with E-state index in [4.69, 9.17) is 11.6 Å². The minimum absolute atomic E-state index is 0.118. The highest BCUT2D eigenvalue weighted by Crippen LogP contribution is 2.35. The van der Waals surface area contributed by atoms with E-state index in [0.29, 0.717) is 22.1 Å². The van der Waals surface area contributed by atoms with E-state index in [1.54, 1.807) is 24.3 Å². The van der Waals surface area contributed by atoms with Gasteiger partial charge in [0.25, 0.3) is 11.8 Å². The summed E-state index contributed by atoms with van der Waals surface area (Å²) in [6, 6.07) is 8.53. The highest BCUT2D eigenvalue weighted by Gasteiger charge is 2.39. The Labute approximate surface area is 182 Å². The number of carbonyl (C=O) groups is 1. The molecule has 0 unspecified atom stereocenters. The summed E-state index contributed by atoms with van der Waals surface area (Å²) in [5.41, 5.74) is 1.83. The van der Waals surface area contributed by atoms with Gasteiger partial charge in [-0.25, -0.2) is 13.8 Å². The lowest BCUT2D eigenvalue weighted by molar-refractivity contribution is -0.0341. The van der Waals surface area contributed by atoms with Crippen LogP contribution in [0, 0.1) is 6.92 Å². The number of halogens is 3. The zero-order valence-electron chi connectivity index (χ0n) is 16.6. The Morgan fingerprint density at radius 2 is 2.00 bits per heavy atom. The number of allylic oxidation sites excluding steroid dienone is 1. The van der Waals surface area contributed by atoms with Gasteiger partial charge < -0.3 is 10.2 Å². The number of rotatable bonds is 4. The van der Waals surface area contributed by atoms with Gasteiger partial charge >= 0.3 is 0 Å². The second kappa shape index (κ2) is 8.43. The first kappa shape index (κ1) is 20.9. The molecule has 0 atom stereocenters. The number of piperidine rings is 1. The zero-order chi connectivity index (χ0) is 22.0. The summed E-state index contributed by atoms with van der Waals surface area (Å²) >= 11 is 5.83. The molecule has 10 heteroatoms. The minimum Gasteiger partial charge on any atom is -0.345 e. The second-order valence-corrected chi connectivity index (χ2v) is 7.66. The molecular formula is C21H19ClF2N6O. The lowest BCUT2D eigenvalue weighted by Crippen LogP contribution is -2.42. The van der Waals surface area contributed by atoms with Gasteiger partial charge in [-0.05, 0) is 31.2 Å². The van der Waals surface area contributed by atoms with Crippen LogP contribution in [0.1, 0.15) is 28.8 Å². The van der Waals surface area contributed by atoms with Crippen LogP contribution in [0.2, 0.25) is 5.02 Å². The van der Waals surface area contributed by atoms with Crippen LogP contribution in [0.3, 0.4) is 0 Å². The van der Waals surface area contributed by atoms with Crippen molar-refractivity contribution in [3.63, 3.8) is 0 Å². The zero-order valence-corrected chi connectivity index (χ0v) is 17.4. The fraction of sp³-hybridized carbons (Fsp3) is 0.238. The van der Waals surface area contributed by atoms with E-state index < -0.39 is 24.7 Å². The maximum atomic E-state index is 14.2. The number of alkyl halides is 2. The average Bonchev–Trinajstić information content (AvgIpc) is 3.27. The molecule has 160 valence electrons. The Morgan fingerprint density at radius 3 is 2.71 bits per heavy atom. The quantitative estimate of drug-likeness (QED) is 0.643. The largest absolute Gasteiger partial charge is 0.345 e. The number of likely N-dealkylation sites (tertiary alicyclic amines) is 1. The van der Waals surface area contributed by atoms with Crippen LogP contribution in [-0.4, -0.2) is 43.3 Å². The molecule has 31 heavy (non-hydrogen) atoms. The molecule has 7 nitrogen and oxygen atoms in total. The van der Waals surface area contributed by atoms with Crippen LogP contribution >= 0.6 is 11.6 Å². The van der Waals surface area contributed by atoms with Crippen molar-refractivity contribution in [3.8, 4) is 5.69 Å². The number of carbonyl (C=O) groups excluding carboxylic acids is 1. The highest BCUT2D eigenvalue weighted by atomic mass is 35.5. The second-order valence-electron chi connectivity index (χ2n) is 7.22. The summed E-state index contributed by atoms with van der Waals surface area (Å²) in [4.78, 5) is 20.2. The molecule has 1 aromatic carbocycles. The molecule has 0 radical (unpaired) electrons. The monoisotopic (exact) mass is 444 g/mol. The summed E-state index contributed by atoms with van der Waals surface area (Å²) in [5, 5.41) is 11.5. The van der Waals surface area contributed by atoms with Crippen LogP contribution in [-0.2, 0) is 0 Å². The number of nitrogens with zero attached hydrogens (tertiary/aromatic N) is 5. The summed E-state index contributed by atoms with van der Waals surface area (Å²) in [6.45, 7) is 1.74. The molecule has 1 aliphatic heterocycles. The number of anilines is 1. The molecule has 0 bridgehead atoms. The van der Waals surface area contributed by atoms with Gasteiger partial charge in [0.05, 0.1) is 35.1 Å². The highest BCUT2D eigenvalue weighted by molar-refractivity contribution is 6.30. The minimum atomic E-state index is -2.91. The van der Waals surface area contributed by atoms with Gasteiger partial charge in [0.1, 0.15) is 5.82 Å². The maximum Gasteiger partial charge on any atom is 0.260 e. The van der Waals surface area contributed by atoms with Crippen molar-refractivity contribution in [2.75, 3.05) is 11.9 Å². The fourth-order valence-electron chi connectivity index (χ4n) is 3.33. The van der Waals surface area contributed by atoms with Crippen molar-refractivity contribution in [3.05, 3.63) is 77.0 Å². The molecule has 1 aliphatic rings. The fourth-order valence-corrected chi connectivity index (χ4v) is 3.44. The van der Waals surface area contributed by atoms with Crippen molar-refractivity contribution >= 4 is 23.3 Å². The molecule has 1 saturated heterocycles. The first-order valence-corrected chi connectivity index (χ1v) is 9.94. The summed E-state index contributed by atoms with van der Waals surface area (Å²) < 4.78 is 28.4. The third-order valence-corrected chi connectivity index (χ3v) is 5.09. The van der Waals surface area contributed by atoms with E-state index in [9.17, 15) is 13.6 Å². The van der Waals surface area contributed by atoms with Gasteiger partial charge in [0.15, 0.2) is 0 Å². The first-order valence-electron chi connectivity index (χ1n) is 9.57. The van der Waals surface area contributed by atoms with E-state index >= 15 is 0 Å². The molecule has 0 aliphatic carbocycles. The van der Waals surface area contributed by atoms with E-state index in [0.717, 1.165) is 5.56 Å². The van der Waals surface area contributed by atoms with Gasteiger partial charge in [0, 0.05) is 31.1 Å². The molecule has 4 rings (SSSR count). The van der Waals surface area contributed by atoms with E-state index in [1.165, 1.54) is 34.5 Å². The topological polar surface area (TPSA) is 75.9 Å². The molecule has 1 amide bonds. The standard InChI is InChI=1S/C21H19ClF2N6O/c1-14-2-4-18(30-27-7-8-28-30)17(10-14)20(31)29-9-6-21(23,24)11-16(29)13-26-19-5-3-15(22)12-25-19/h2-5,7-8,10,12-13H,6,9,11H2,1H3,(H,25,26)/b16-13+. The van der Waals surface area contributed by atoms with Crippen molar-refractivity contribution in [1.29, 1.82) is 0 Å². The van der Waals surface area contributed by atoms with Gasteiger partial charge in [0.2, 0.25) is 0 Å². The molecule has 0 spiro atoms. The summed E-state index contributed by atoms with van der Waals surface area (Å²) in [5.74, 6) is -2.88. The van der Waals surface area contributed by atoms with Gasteiger partial charge in [-0.1, -0.05) is 23.2 Å². The van der Waals surface area contributed by atoms with Gasteiger partial charge in [-0.2, -0.15) is 15.0 Å². The number of hydrogen-bond acceptors (Lipinski definition) is 5. The van der Waals surface area contributed by atoms with Crippen LogP contribution in [0.5, 0.6) is 0 Å². The molecule has 3 heterocycles. The molecule has 1 N–H and O–H groups in total. The summed E-state index contributed by atoms with van der Waals surface area (Å²) in [6.07, 6.45) is 4.85. The van der Waals surface area contributed by atoms with Crippen molar-refractivity contribution < 1.29 is 13.6 Å². The molecule has 0 saturated carbocycles. The smallest absolute Gasteiger partial charge is 0.260 e. The van der Waals surface area contributed by atoms with E-state index in [1.807, 2.05) is 13.0 Å². The maximum absolute atomic E-state index is 14.2. The normalized spacial score (nSPS) is 17.0.